The molecule has 4 atom stereocenters. The van der Waals surface area contributed by atoms with Crippen molar-refractivity contribution < 1.29 is 0 Å². The molecule has 1 aromatic rings. The normalized spacial score (nSPS) is 33.1. The van der Waals surface area contributed by atoms with Crippen molar-refractivity contribution in [3.63, 3.8) is 0 Å². The number of nitrogens with two attached hydrogens (primary N) is 1. The smallest absolute Gasteiger partial charge is 0.0297 e. The van der Waals surface area contributed by atoms with Crippen LogP contribution in [0.25, 0.3) is 0 Å². The zero-order valence-corrected chi connectivity index (χ0v) is 11.2. The van der Waals surface area contributed by atoms with Gasteiger partial charge >= 0.3 is 0 Å². The maximum absolute atomic E-state index is 6.38. The Kier molecular flexibility index (Phi) is 3.69. The Morgan fingerprint density at radius 3 is 2.33 bits per heavy atom. The maximum Gasteiger partial charge on any atom is 0.0297 e. The van der Waals surface area contributed by atoms with Gasteiger partial charge in [0.25, 0.3) is 0 Å². The summed E-state index contributed by atoms with van der Waals surface area (Å²) in [4.78, 5) is 0. The van der Waals surface area contributed by atoms with E-state index in [9.17, 15) is 0 Å². The fraction of sp³-hybridized carbons (Fsp3) is 0.647. The lowest BCUT2D eigenvalue weighted by Crippen LogP contribution is -2.28. The summed E-state index contributed by atoms with van der Waals surface area (Å²) in [5, 5.41) is 0. The van der Waals surface area contributed by atoms with Crippen LogP contribution in [0.5, 0.6) is 0 Å². The van der Waals surface area contributed by atoms with Gasteiger partial charge < -0.3 is 5.73 Å². The summed E-state index contributed by atoms with van der Waals surface area (Å²) in [6.45, 7) is 0. The lowest BCUT2D eigenvalue weighted by Gasteiger charge is -2.39. The van der Waals surface area contributed by atoms with Gasteiger partial charge in [-0.05, 0) is 49.0 Å². The van der Waals surface area contributed by atoms with Gasteiger partial charge in [-0.25, -0.2) is 0 Å². The van der Waals surface area contributed by atoms with Crippen molar-refractivity contribution >= 4 is 0 Å². The van der Waals surface area contributed by atoms with Gasteiger partial charge in [-0.3, -0.25) is 0 Å². The van der Waals surface area contributed by atoms with E-state index in [0.717, 1.165) is 17.8 Å². The average molecular weight is 243 g/mol. The van der Waals surface area contributed by atoms with Crippen molar-refractivity contribution in [3.8, 4) is 0 Å². The average Bonchev–Trinajstić information content (AvgIpc) is 2.39. The first kappa shape index (κ1) is 12.2. The maximum atomic E-state index is 6.38. The predicted molar refractivity (Wildman–Crippen MR) is 76.2 cm³/mol. The van der Waals surface area contributed by atoms with Crippen molar-refractivity contribution in [1.82, 2.24) is 0 Å². The van der Waals surface area contributed by atoms with E-state index < -0.39 is 0 Å². The van der Waals surface area contributed by atoms with Gasteiger partial charge in [-0.1, -0.05) is 49.6 Å². The standard InChI is InChI=1S/C17H25N/c18-17(16-7-2-1-3-8-16)12-15-10-13-5-4-6-14(9-13)11-15/h1-3,7-8,13-15,17H,4-6,9-12,18H2/t13-,14?,15?,17-/m0/s1. The second kappa shape index (κ2) is 5.44. The van der Waals surface area contributed by atoms with E-state index in [0.29, 0.717) is 0 Å². The Balaban J connectivity index is 1.59. The van der Waals surface area contributed by atoms with E-state index in [-0.39, 0.29) is 6.04 Å². The Labute approximate surface area is 111 Å². The Hall–Kier alpha value is -0.820. The van der Waals surface area contributed by atoms with Gasteiger partial charge in [-0.15, -0.1) is 0 Å². The van der Waals surface area contributed by atoms with E-state index in [2.05, 4.69) is 30.3 Å². The molecule has 2 aliphatic carbocycles. The molecule has 0 aromatic heterocycles. The van der Waals surface area contributed by atoms with Gasteiger partial charge in [0.1, 0.15) is 0 Å². The monoisotopic (exact) mass is 243 g/mol. The number of hydrogen-bond acceptors (Lipinski definition) is 1. The highest BCUT2D eigenvalue weighted by Gasteiger charge is 2.32. The zero-order chi connectivity index (χ0) is 12.4. The van der Waals surface area contributed by atoms with E-state index in [1.165, 1.54) is 50.5 Å². The molecule has 0 spiro atoms. The first-order valence-corrected chi connectivity index (χ1v) is 7.62. The molecule has 1 heteroatoms. The molecule has 0 aliphatic heterocycles. The summed E-state index contributed by atoms with van der Waals surface area (Å²) >= 11 is 0. The van der Waals surface area contributed by atoms with Gasteiger partial charge in [-0.2, -0.15) is 0 Å². The number of rotatable bonds is 3. The molecule has 2 unspecified atom stereocenters. The second-order valence-electron chi connectivity index (χ2n) is 6.49. The first-order chi connectivity index (χ1) is 8.81. The molecule has 0 saturated heterocycles. The van der Waals surface area contributed by atoms with Crippen molar-refractivity contribution in [2.24, 2.45) is 23.5 Å². The number of benzene rings is 1. The van der Waals surface area contributed by atoms with E-state index in [4.69, 9.17) is 5.73 Å². The van der Waals surface area contributed by atoms with Gasteiger partial charge in [0.05, 0.1) is 0 Å². The molecule has 1 aromatic carbocycles. The zero-order valence-electron chi connectivity index (χ0n) is 11.2. The van der Waals surface area contributed by atoms with E-state index in [1.807, 2.05) is 0 Å². The van der Waals surface area contributed by atoms with Crippen molar-refractivity contribution in [2.45, 2.75) is 51.0 Å². The molecular weight excluding hydrogens is 218 g/mol. The minimum atomic E-state index is 0.245. The van der Waals surface area contributed by atoms with Crippen LogP contribution in [0.4, 0.5) is 0 Å². The molecule has 1 nitrogen and oxygen atoms in total. The summed E-state index contributed by atoms with van der Waals surface area (Å²) in [6, 6.07) is 10.9. The Morgan fingerprint density at radius 2 is 1.67 bits per heavy atom. The highest BCUT2D eigenvalue weighted by Crippen LogP contribution is 2.44. The van der Waals surface area contributed by atoms with Crippen molar-refractivity contribution in [3.05, 3.63) is 35.9 Å². The molecule has 2 aliphatic rings. The third-order valence-electron chi connectivity index (χ3n) is 5.04. The largest absolute Gasteiger partial charge is 0.324 e. The molecular formula is C17H25N. The van der Waals surface area contributed by atoms with E-state index >= 15 is 0 Å². The van der Waals surface area contributed by atoms with Crippen LogP contribution in [0.3, 0.4) is 0 Å². The third kappa shape index (κ3) is 2.77. The van der Waals surface area contributed by atoms with Crippen molar-refractivity contribution in [1.29, 1.82) is 0 Å². The highest BCUT2D eigenvalue weighted by molar-refractivity contribution is 5.18. The molecule has 18 heavy (non-hydrogen) atoms. The fourth-order valence-electron chi connectivity index (χ4n) is 4.26. The molecule has 2 bridgehead atoms. The number of fused-ring (bicyclic) bond motifs is 2. The fourth-order valence-corrected chi connectivity index (χ4v) is 4.26. The highest BCUT2D eigenvalue weighted by atomic mass is 14.6. The number of hydrogen-bond donors (Lipinski definition) is 1. The quantitative estimate of drug-likeness (QED) is 0.842. The summed E-state index contributed by atoms with van der Waals surface area (Å²) < 4.78 is 0. The van der Waals surface area contributed by atoms with Crippen molar-refractivity contribution in [2.75, 3.05) is 0 Å². The minimum absolute atomic E-state index is 0.245. The summed E-state index contributed by atoms with van der Waals surface area (Å²) in [7, 11) is 0. The van der Waals surface area contributed by atoms with Crippen LogP contribution in [-0.2, 0) is 0 Å². The lowest BCUT2D eigenvalue weighted by atomic mass is 9.66. The van der Waals surface area contributed by atoms with Crippen LogP contribution in [0.2, 0.25) is 0 Å². The van der Waals surface area contributed by atoms with Gasteiger partial charge in [0.2, 0.25) is 0 Å². The molecule has 2 saturated carbocycles. The third-order valence-corrected chi connectivity index (χ3v) is 5.04. The molecule has 2 fully saturated rings. The first-order valence-electron chi connectivity index (χ1n) is 7.62. The predicted octanol–water partition coefficient (Wildman–Crippen LogP) is 4.29. The summed E-state index contributed by atoms with van der Waals surface area (Å²) in [6.07, 6.45) is 10.0. The second-order valence-corrected chi connectivity index (χ2v) is 6.49. The van der Waals surface area contributed by atoms with Gasteiger partial charge in [0, 0.05) is 6.04 Å². The molecule has 2 N–H and O–H groups in total. The SMILES string of the molecule is N[C@@H](CC1CC2CCC[C@@H](C2)C1)c1ccccc1. The molecule has 0 radical (unpaired) electrons. The molecule has 0 heterocycles. The van der Waals surface area contributed by atoms with Crippen LogP contribution in [0.1, 0.15) is 56.6 Å². The topological polar surface area (TPSA) is 26.0 Å². The van der Waals surface area contributed by atoms with Crippen LogP contribution in [-0.4, -0.2) is 0 Å². The van der Waals surface area contributed by atoms with Crippen LogP contribution < -0.4 is 5.73 Å². The lowest BCUT2D eigenvalue weighted by molar-refractivity contribution is 0.128. The summed E-state index contributed by atoms with van der Waals surface area (Å²) in [5.74, 6) is 2.92. The summed E-state index contributed by atoms with van der Waals surface area (Å²) in [5.41, 5.74) is 7.69. The molecule has 0 amide bonds. The molecule has 98 valence electrons. The molecule has 3 rings (SSSR count). The van der Waals surface area contributed by atoms with Crippen LogP contribution >= 0.6 is 0 Å². The van der Waals surface area contributed by atoms with Crippen LogP contribution in [0, 0.1) is 17.8 Å². The minimum Gasteiger partial charge on any atom is -0.324 e. The Morgan fingerprint density at radius 1 is 1.00 bits per heavy atom. The Bertz CT molecular complexity index is 360. The van der Waals surface area contributed by atoms with Gasteiger partial charge in [0.15, 0.2) is 0 Å². The van der Waals surface area contributed by atoms with E-state index in [1.54, 1.807) is 0 Å². The van der Waals surface area contributed by atoms with Crippen LogP contribution in [0.15, 0.2) is 30.3 Å².